The van der Waals surface area contributed by atoms with Crippen LogP contribution >= 0.6 is 0 Å². The van der Waals surface area contributed by atoms with Crippen LogP contribution in [0.5, 0.6) is 0 Å². The molecule has 5 nitrogen and oxygen atoms in total. The Hall–Kier alpha value is -1.10. The highest BCUT2D eigenvalue weighted by Crippen LogP contribution is 2.39. The molecule has 1 aliphatic heterocycles. The molecule has 20 heavy (non-hydrogen) atoms. The number of hydrogen-bond donors (Lipinski definition) is 1. The topological polar surface area (TPSA) is 72.6 Å². The van der Waals surface area contributed by atoms with E-state index >= 15 is 0 Å². The molecule has 2 aliphatic rings. The minimum Gasteiger partial charge on any atom is -0.466 e. The van der Waals surface area contributed by atoms with Gasteiger partial charge >= 0.3 is 5.97 Å². The normalized spacial score (nSPS) is 31.4. The summed E-state index contributed by atoms with van der Waals surface area (Å²) in [4.78, 5) is 26.3. The molecule has 1 amide bonds. The number of hydrogen-bond acceptors (Lipinski definition) is 4. The second-order valence-corrected chi connectivity index (χ2v) is 6.23. The van der Waals surface area contributed by atoms with E-state index in [1.54, 1.807) is 0 Å². The highest BCUT2D eigenvalue weighted by Gasteiger charge is 2.45. The van der Waals surface area contributed by atoms with Gasteiger partial charge in [0.25, 0.3) is 0 Å². The van der Waals surface area contributed by atoms with Gasteiger partial charge in [0.15, 0.2) is 0 Å². The van der Waals surface area contributed by atoms with Gasteiger partial charge in [-0.25, -0.2) is 0 Å². The highest BCUT2D eigenvalue weighted by molar-refractivity contribution is 5.84. The molecule has 2 atom stereocenters. The Labute approximate surface area is 120 Å². The summed E-state index contributed by atoms with van der Waals surface area (Å²) in [7, 11) is 0. The molecule has 0 radical (unpaired) electrons. The molecule has 2 unspecified atom stereocenters. The molecule has 2 rings (SSSR count). The number of nitrogens with zero attached hydrogens (tertiary/aromatic N) is 1. The maximum Gasteiger partial charge on any atom is 0.309 e. The van der Waals surface area contributed by atoms with E-state index < -0.39 is 5.41 Å². The smallest absolute Gasteiger partial charge is 0.309 e. The van der Waals surface area contributed by atoms with Crippen LogP contribution in [0.3, 0.4) is 0 Å². The van der Waals surface area contributed by atoms with E-state index in [9.17, 15) is 9.59 Å². The maximum absolute atomic E-state index is 12.7. The third-order valence-corrected chi connectivity index (χ3v) is 4.92. The Morgan fingerprint density at radius 3 is 2.45 bits per heavy atom. The molecule has 0 aromatic heterocycles. The lowest BCUT2D eigenvalue weighted by Crippen LogP contribution is -2.51. The van der Waals surface area contributed by atoms with Gasteiger partial charge in [-0.05, 0) is 39.5 Å². The molecule has 1 saturated carbocycles. The second-order valence-electron chi connectivity index (χ2n) is 6.23. The van der Waals surface area contributed by atoms with Crippen LogP contribution in [0.25, 0.3) is 0 Å². The van der Waals surface area contributed by atoms with Gasteiger partial charge in [-0.3, -0.25) is 9.59 Å². The van der Waals surface area contributed by atoms with Crippen molar-refractivity contribution in [2.24, 2.45) is 17.1 Å². The minimum atomic E-state index is -0.406. The molecule has 1 aliphatic carbocycles. The first-order chi connectivity index (χ1) is 9.49. The van der Waals surface area contributed by atoms with Crippen LogP contribution in [0.4, 0.5) is 0 Å². The number of rotatable bonds is 3. The summed E-state index contributed by atoms with van der Waals surface area (Å²) in [5, 5.41) is 0. The van der Waals surface area contributed by atoms with Crippen molar-refractivity contribution in [2.45, 2.75) is 52.0 Å². The summed E-state index contributed by atoms with van der Waals surface area (Å²) in [6, 6.07) is -0.0298. The fourth-order valence-electron chi connectivity index (χ4n) is 3.40. The van der Waals surface area contributed by atoms with E-state index in [0.717, 1.165) is 19.3 Å². The first-order valence-corrected chi connectivity index (χ1v) is 7.70. The molecule has 1 heterocycles. The predicted molar refractivity (Wildman–Crippen MR) is 75.9 cm³/mol. The van der Waals surface area contributed by atoms with Gasteiger partial charge in [0.05, 0.1) is 17.9 Å². The van der Waals surface area contributed by atoms with Gasteiger partial charge in [-0.15, -0.1) is 0 Å². The van der Waals surface area contributed by atoms with E-state index in [-0.39, 0.29) is 23.8 Å². The van der Waals surface area contributed by atoms with E-state index in [1.807, 2.05) is 18.7 Å². The lowest BCUT2D eigenvalue weighted by atomic mass is 9.82. The molecule has 1 saturated heterocycles. The van der Waals surface area contributed by atoms with Crippen LogP contribution in [0.15, 0.2) is 0 Å². The summed E-state index contributed by atoms with van der Waals surface area (Å²) in [6.07, 6.45) is 4.25. The van der Waals surface area contributed by atoms with Crippen molar-refractivity contribution >= 4 is 11.9 Å². The number of carbonyl (C=O) groups is 2. The number of ether oxygens (including phenoxy) is 1. The van der Waals surface area contributed by atoms with Crippen LogP contribution in [0.2, 0.25) is 0 Å². The van der Waals surface area contributed by atoms with Crippen LogP contribution in [-0.4, -0.2) is 42.5 Å². The Morgan fingerprint density at radius 2 is 1.95 bits per heavy atom. The van der Waals surface area contributed by atoms with Crippen LogP contribution < -0.4 is 5.73 Å². The summed E-state index contributed by atoms with van der Waals surface area (Å²) in [5.74, 6) is -0.00255. The average Bonchev–Trinajstić information content (AvgIpc) is 2.79. The third-order valence-electron chi connectivity index (χ3n) is 4.92. The van der Waals surface area contributed by atoms with E-state index in [4.69, 9.17) is 10.5 Å². The van der Waals surface area contributed by atoms with Gasteiger partial charge in [0, 0.05) is 19.1 Å². The van der Waals surface area contributed by atoms with Crippen LogP contribution in [0, 0.1) is 11.3 Å². The lowest BCUT2D eigenvalue weighted by Gasteiger charge is -2.38. The molecule has 0 aromatic carbocycles. The monoisotopic (exact) mass is 282 g/mol. The Kier molecular flexibility index (Phi) is 4.68. The number of carbonyl (C=O) groups excluding carboxylic acids is 2. The van der Waals surface area contributed by atoms with Crippen molar-refractivity contribution in [3.63, 3.8) is 0 Å². The van der Waals surface area contributed by atoms with E-state index in [0.29, 0.717) is 32.5 Å². The average molecular weight is 282 g/mol. The van der Waals surface area contributed by atoms with E-state index in [1.165, 1.54) is 0 Å². The zero-order valence-corrected chi connectivity index (χ0v) is 12.6. The molecule has 0 bridgehead atoms. The van der Waals surface area contributed by atoms with Gasteiger partial charge < -0.3 is 15.4 Å². The fraction of sp³-hybridized carbons (Fsp3) is 0.867. The standard InChI is InChI=1S/C15H26N2O3/c1-3-20-13(18)11-6-9-17(10-7-11)14(19)15(2)8-4-5-12(15)16/h11-12H,3-10,16H2,1-2H3. The number of esters is 1. The van der Waals surface area contributed by atoms with Gasteiger partial charge in [-0.1, -0.05) is 6.42 Å². The predicted octanol–water partition coefficient (Wildman–Crippen LogP) is 1.31. The van der Waals surface area contributed by atoms with Crippen molar-refractivity contribution in [2.75, 3.05) is 19.7 Å². The van der Waals surface area contributed by atoms with Crippen molar-refractivity contribution in [3.8, 4) is 0 Å². The zero-order chi connectivity index (χ0) is 14.8. The highest BCUT2D eigenvalue weighted by atomic mass is 16.5. The van der Waals surface area contributed by atoms with Crippen LogP contribution in [0.1, 0.15) is 46.0 Å². The number of amides is 1. The van der Waals surface area contributed by atoms with Crippen molar-refractivity contribution in [1.82, 2.24) is 4.90 Å². The Bertz CT molecular complexity index is 377. The van der Waals surface area contributed by atoms with Crippen LogP contribution in [-0.2, 0) is 14.3 Å². The number of nitrogens with two attached hydrogens (primary N) is 1. The fourth-order valence-corrected chi connectivity index (χ4v) is 3.40. The van der Waals surface area contributed by atoms with Gasteiger partial charge in [-0.2, -0.15) is 0 Å². The summed E-state index contributed by atoms with van der Waals surface area (Å²) in [6.45, 7) is 5.52. The van der Waals surface area contributed by atoms with Gasteiger partial charge in [0.1, 0.15) is 0 Å². The summed E-state index contributed by atoms with van der Waals surface area (Å²) >= 11 is 0. The number of likely N-dealkylation sites (tertiary alicyclic amines) is 1. The third kappa shape index (κ3) is 2.82. The molecule has 114 valence electrons. The molecule has 0 aromatic rings. The van der Waals surface area contributed by atoms with Crippen molar-refractivity contribution in [3.05, 3.63) is 0 Å². The maximum atomic E-state index is 12.7. The molecular formula is C15H26N2O3. The van der Waals surface area contributed by atoms with Gasteiger partial charge in [0.2, 0.25) is 5.91 Å². The quantitative estimate of drug-likeness (QED) is 0.792. The lowest BCUT2D eigenvalue weighted by molar-refractivity contribution is -0.153. The largest absolute Gasteiger partial charge is 0.466 e. The molecular weight excluding hydrogens is 256 g/mol. The number of piperidine rings is 1. The molecule has 0 spiro atoms. The molecule has 2 N–H and O–H groups in total. The Morgan fingerprint density at radius 1 is 1.30 bits per heavy atom. The molecule has 2 fully saturated rings. The first kappa shape index (κ1) is 15.3. The second kappa shape index (κ2) is 6.12. The first-order valence-electron chi connectivity index (χ1n) is 7.70. The Balaban J connectivity index is 1.90. The van der Waals surface area contributed by atoms with E-state index in [2.05, 4.69) is 0 Å². The van der Waals surface area contributed by atoms with Crippen molar-refractivity contribution < 1.29 is 14.3 Å². The summed E-state index contributed by atoms with van der Waals surface area (Å²) in [5.41, 5.74) is 5.71. The zero-order valence-electron chi connectivity index (χ0n) is 12.6. The SMILES string of the molecule is CCOC(=O)C1CCN(C(=O)C2(C)CCCC2N)CC1. The minimum absolute atomic E-state index is 0.0298. The molecule has 5 heteroatoms. The van der Waals surface area contributed by atoms with Crippen molar-refractivity contribution in [1.29, 1.82) is 0 Å². The summed E-state index contributed by atoms with van der Waals surface area (Å²) < 4.78 is 5.05.